The van der Waals surface area contributed by atoms with Crippen molar-refractivity contribution in [3.63, 3.8) is 0 Å². The summed E-state index contributed by atoms with van der Waals surface area (Å²) >= 11 is 0. The van der Waals surface area contributed by atoms with Crippen molar-refractivity contribution >= 4 is 41.9 Å². The molecular formula is C46H62N6O8. The fourth-order valence-electron chi connectivity index (χ4n) is 4.79. The summed E-state index contributed by atoms with van der Waals surface area (Å²) in [6.07, 6.45) is -2.22. The third kappa shape index (κ3) is 20.0. The lowest BCUT2D eigenvalue weighted by atomic mass is 10.1. The second-order valence-corrected chi connectivity index (χ2v) is 17.7. The van der Waals surface area contributed by atoms with Gasteiger partial charge in [-0.1, -0.05) is 47.9 Å². The van der Waals surface area contributed by atoms with Crippen molar-refractivity contribution in [2.45, 2.75) is 138 Å². The van der Waals surface area contributed by atoms with Crippen LogP contribution in [0.25, 0.3) is 0 Å². The fourth-order valence-corrected chi connectivity index (χ4v) is 4.79. The number of unbranched alkanes of at least 4 members (excludes halogenated alkanes) is 2. The molecule has 3 N–H and O–H groups in total. The van der Waals surface area contributed by atoms with Gasteiger partial charge < -0.3 is 24.4 Å². The molecule has 60 heavy (non-hydrogen) atoms. The molecule has 0 atom stereocenters. The van der Waals surface area contributed by atoms with Gasteiger partial charge in [0.15, 0.2) is 0 Å². The topological polar surface area (TPSA) is 184 Å². The van der Waals surface area contributed by atoms with Crippen molar-refractivity contribution in [3.05, 3.63) is 70.8 Å². The number of guanidine groups is 1. The lowest BCUT2D eigenvalue weighted by molar-refractivity contribution is 0.0273. The summed E-state index contributed by atoms with van der Waals surface area (Å²) in [7, 11) is 0. The first-order chi connectivity index (χ1) is 27.6. The molecule has 0 aliphatic carbocycles. The van der Waals surface area contributed by atoms with Gasteiger partial charge in [0.2, 0.25) is 5.96 Å². The highest BCUT2D eigenvalue weighted by Crippen LogP contribution is 2.19. The highest BCUT2D eigenvalue weighted by molar-refractivity contribution is 6.05. The van der Waals surface area contributed by atoms with Crippen molar-refractivity contribution in [2.24, 2.45) is 4.99 Å². The van der Waals surface area contributed by atoms with Crippen molar-refractivity contribution in [1.82, 2.24) is 15.1 Å². The molecule has 0 radical (unpaired) electrons. The van der Waals surface area contributed by atoms with Crippen LogP contribution in [0.2, 0.25) is 0 Å². The molecule has 14 nitrogen and oxygen atoms in total. The minimum absolute atomic E-state index is 0.0307. The Hall–Kier alpha value is -6.15. The number of carbonyl (C=O) groups excluding carboxylic acids is 4. The van der Waals surface area contributed by atoms with Crippen LogP contribution < -0.4 is 5.32 Å². The predicted molar refractivity (Wildman–Crippen MR) is 233 cm³/mol. The van der Waals surface area contributed by atoms with Crippen LogP contribution in [-0.4, -0.2) is 87.2 Å². The zero-order valence-corrected chi connectivity index (χ0v) is 37.5. The van der Waals surface area contributed by atoms with Gasteiger partial charge in [-0.25, -0.2) is 29.0 Å². The molecule has 2 aromatic carbocycles. The molecule has 0 fully saturated rings. The zero-order valence-electron chi connectivity index (χ0n) is 37.5. The molecular weight excluding hydrogens is 765 g/mol. The van der Waals surface area contributed by atoms with Gasteiger partial charge >= 0.3 is 24.4 Å². The molecule has 0 bridgehead atoms. The number of nitrogens with one attached hydrogen (secondary N) is 3. The largest absolute Gasteiger partial charge is 0.444 e. The molecule has 2 rings (SSSR count). The third-order valence-corrected chi connectivity index (χ3v) is 7.25. The summed E-state index contributed by atoms with van der Waals surface area (Å²) in [5, 5.41) is 18.4. The molecule has 0 spiro atoms. The summed E-state index contributed by atoms with van der Waals surface area (Å²) in [5.74, 6) is 11.9. The van der Waals surface area contributed by atoms with Crippen LogP contribution in [0.1, 0.15) is 138 Å². The third-order valence-electron chi connectivity index (χ3n) is 7.25. The van der Waals surface area contributed by atoms with Crippen LogP contribution >= 0.6 is 0 Å². The zero-order chi connectivity index (χ0) is 45.5. The van der Waals surface area contributed by atoms with E-state index in [9.17, 15) is 19.2 Å². The van der Waals surface area contributed by atoms with Gasteiger partial charge in [-0.2, -0.15) is 0 Å². The molecule has 0 heterocycles. The summed E-state index contributed by atoms with van der Waals surface area (Å²) in [6.45, 7) is 22.0. The monoisotopic (exact) mass is 826 g/mol. The number of hydrogen-bond donors (Lipinski definition) is 3. The minimum atomic E-state index is -1.03. The minimum Gasteiger partial charge on any atom is -0.444 e. The Kier molecular flexibility index (Phi) is 18.1. The number of aliphatic imine (C=N–C) groups is 1. The predicted octanol–water partition coefficient (Wildman–Crippen LogP) is 9.65. The molecule has 2 aromatic rings. The molecule has 4 amide bonds. The van der Waals surface area contributed by atoms with Crippen molar-refractivity contribution in [1.29, 1.82) is 10.8 Å². The van der Waals surface area contributed by atoms with Crippen LogP contribution in [0.4, 0.5) is 19.2 Å². The van der Waals surface area contributed by atoms with E-state index in [-0.39, 0.29) is 31.3 Å². The van der Waals surface area contributed by atoms with Gasteiger partial charge in [0.05, 0.1) is 0 Å². The van der Waals surface area contributed by atoms with Gasteiger partial charge in [0.25, 0.3) is 0 Å². The van der Waals surface area contributed by atoms with Crippen LogP contribution in [0.3, 0.4) is 0 Å². The molecule has 0 aliphatic rings. The van der Waals surface area contributed by atoms with E-state index in [1.807, 2.05) is 24.3 Å². The summed E-state index contributed by atoms with van der Waals surface area (Å²) < 4.78 is 22.3. The van der Waals surface area contributed by atoms with Crippen LogP contribution in [0.5, 0.6) is 0 Å². The molecule has 0 unspecified atom stereocenters. The summed E-state index contributed by atoms with van der Waals surface area (Å²) in [6, 6.07) is 14.1. The average Bonchev–Trinajstić information content (AvgIpc) is 3.08. The Balaban J connectivity index is 2.44. The highest BCUT2D eigenvalue weighted by Gasteiger charge is 2.35. The maximum absolute atomic E-state index is 14.0. The normalized spacial score (nSPS) is 11.7. The second kappa shape index (κ2) is 21.7. The summed E-state index contributed by atoms with van der Waals surface area (Å²) in [5.41, 5.74) is -0.400. The maximum Gasteiger partial charge on any atom is 0.437 e. The molecule has 0 aromatic heterocycles. The van der Waals surface area contributed by atoms with Crippen LogP contribution in [0, 0.1) is 34.5 Å². The maximum atomic E-state index is 14.0. The smallest absolute Gasteiger partial charge is 0.437 e. The quantitative estimate of drug-likeness (QED) is 0.0772. The van der Waals surface area contributed by atoms with Gasteiger partial charge in [-0.3, -0.25) is 10.7 Å². The second-order valence-electron chi connectivity index (χ2n) is 17.7. The number of amidine groups is 1. The van der Waals surface area contributed by atoms with E-state index in [1.165, 1.54) is 0 Å². The van der Waals surface area contributed by atoms with Gasteiger partial charge in [-0.05, 0) is 133 Å². The molecule has 0 saturated carbocycles. The number of hydrogen-bond acceptors (Lipinski definition) is 10. The van der Waals surface area contributed by atoms with E-state index < -0.39 is 46.8 Å². The van der Waals surface area contributed by atoms with Crippen LogP contribution in [0.15, 0.2) is 53.5 Å². The lowest BCUT2D eigenvalue weighted by Gasteiger charge is -2.34. The average molecular weight is 827 g/mol. The first-order valence-electron chi connectivity index (χ1n) is 19.8. The fraction of sp³-hybridized carbons (Fsp3) is 0.500. The number of amides is 4. The van der Waals surface area contributed by atoms with E-state index in [4.69, 9.17) is 29.8 Å². The number of alkyl carbamates (subject to hydrolysis) is 1. The van der Waals surface area contributed by atoms with E-state index >= 15 is 0 Å². The van der Waals surface area contributed by atoms with E-state index in [2.05, 4.69) is 34.0 Å². The SMILES string of the molecule is CC(=N)c1ccc(C#CCCCN(C(=O)OC(C)(C)C)C(=NC(=O)OC(C)(C)C)N(CCCC#Cc2ccc(C(=N)NC(=O)OC(C)(C)C)cc2)C(=O)OC(C)(C)C)cc1. The standard InChI is InChI=1S/C46H62N6O8/c1-32(47)35-26-22-33(23-27-35)20-16-14-18-30-51(41(55)59-45(8,9)10)38(50-40(54)58-44(5,6)7)52(42(56)60-46(11,12)13)31-19-15-17-21-34-24-28-36(29-25-34)37(48)49-39(53)57-43(2,3)4/h22-29,47H,14-15,18-19,30-31H2,1-13H3,(H2,48,49,53). The van der Waals surface area contributed by atoms with Gasteiger partial charge in [0.1, 0.15) is 28.2 Å². The number of rotatable bonds is 8. The first kappa shape index (κ1) is 50.0. The Bertz CT molecular complexity index is 2010. The Morgan fingerprint density at radius 2 is 0.983 bits per heavy atom. The highest BCUT2D eigenvalue weighted by atomic mass is 16.6. The number of ether oxygens (including phenoxy) is 4. The van der Waals surface area contributed by atoms with E-state index in [0.717, 1.165) is 20.9 Å². The molecule has 324 valence electrons. The Morgan fingerprint density at radius 3 is 1.35 bits per heavy atom. The number of nitrogens with zero attached hydrogens (tertiary/aromatic N) is 3. The lowest BCUT2D eigenvalue weighted by Crippen LogP contribution is -2.53. The van der Waals surface area contributed by atoms with Gasteiger partial charge in [0, 0.05) is 48.3 Å². The first-order valence-corrected chi connectivity index (χ1v) is 19.8. The Labute approximate surface area is 355 Å². The summed E-state index contributed by atoms with van der Waals surface area (Å²) in [4.78, 5) is 59.8. The van der Waals surface area contributed by atoms with E-state index in [1.54, 1.807) is 114 Å². The van der Waals surface area contributed by atoms with E-state index in [0.29, 0.717) is 36.1 Å². The van der Waals surface area contributed by atoms with Gasteiger partial charge in [-0.15, -0.1) is 4.99 Å². The van der Waals surface area contributed by atoms with Crippen molar-refractivity contribution < 1.29 is 38.1 Å². The number of carbonyl (C=O) groups is 4. The molecule has 14 heteroatoms. The molecule has 0 saturated heterocycles. The Morgan fingerprint density at radius 1 is 0.600 bits per heavy atom. The molecule has 0 aliphatic heterocycles. The number of benzene rings is 2. The van der Waals surface area contributed by atoms with Crippen molar-refractivity contribution in [3.8, 4) is 23.7 Å². The van der Waals surface area contributed by atoms with Crippen LogP contribution in [-0.2, 0) is 18.9 Å². The van der Waals surface area contributed by atoms with Crippen molar-refractivity contribution in [2.75, 3.05) is 13.1 Å².